The summed E-state index contributed by atoms with van der Waals surface area (Å²) in [5.41, 5.74) is 0.677. The summed E-state index contributed by atoms with van der Waals surface area (Å²) in [6, 6.07) is 8.72. The van der Waals surface area contributed by atoms with Crippen molar-refractivity contribution in [3.63, 3.8) is 0 Å². The van der Waals surface area contributed by atoms with E-state index in [4.69, 9.17) is 4.74 Å². The Morgan fingerprint density at radius 3 is 2.50 bits per heavy atom. The number of carbonyl (C=O) groups is 1. The van der Waals surface area contributed by atoms with Gasteiger partial charge in [0, 0.05) is 42.6 Å². The quantitative estimate of drug-likeness (QED) is 0.815. The van der Waals surface area contributed by atoms with Crippen LogP contribution in [-0.4, -0.2) is 40.7 Å². The van der Waals surface area contributed by atoms with Crippen molar-refractivity contribution in [2.24, 2.45) is 0 Å². The first-order valence-electron chi connectivity index (χ1n) is 9.49. The van der Waals surface area contributed by atoms with Crippen LogP contribution >= 0.6 is 0 Å². The van der Waals surface area contributed by atoms with Gasteiger partial charge in [0.15, 0.2) is 0 Å². The summed E-state index contributed by atoms with van der Waals surface area (Å²) in [4.78, 5) is 18.0. The zero-order chi connectivity index (χ0) is 19.2. The number of aromatic nitrogens is 1. The topological polar surface area (TPSA) is 54.5 Å². The maximum atomic E-state index is 12.1. The highest BCUT2D eigenvalue weighted by atomic mass is 16.6. The van der Waals surface area contributed by atoms with Gasteiger partial charge in [-0.3, -0.25) is 4.98 Å². The molecule has 0 radical (unpaired) electrons. The van der Waals surface area contributed by atoms with Crippen molar-refractivity contribution >= 4 is 22.6 Å². The van der Waals surface area contributed by atoms with Gasteiger partial charge in [-0.05, 0) is 57.2 Å². The molecule has 0 atom stereocenters. The molecule has 26 heavy (non-hydrogen) atoms. The van der Waals surface area contributed by atoms with Gasteiger partial charge in [0.05, 0.1) is 0 Å². The molecule has 1 aliphatic rings. The van der Waals surface area contributed by atoms with Gasteiger partial charge in [-0.15, -0.1) is 0 Å². The number of benzene rings is 1. The number of pyridine rings is 1. The van der Waals surface area contributed by atoms with Crippen LogP contribution in [0.4, 0.5) is 10.5 Å². The van der Waals surface area contributed by atoms with E-state index in [0.717, 1.165) is 37.0 Å². The van der Waals surface area contributed by atoms with Crippen LogP contribution < -0.4 is 5.32 Å². The minimum absolute atomic E-state index is 0.209. The number of ether oxygens (including phenoxy) is 1. The number of hydrogen-bond donors (Lipinski definition) is 1. The maximum Gasteiger partial charge on any atom is 0.410 e. The van der Waals surface area contributed by atoms with E-state index in [-0.39, 0.29) is 6.09 Å². The SMILES string of the molecule is CC.CC(C)(C)OC(=O)N1CCC(Nc2ccc3cnccc3c2)CC1. The molecule has 1 N–H and O–H groups in total. The van der Waals surface area contributed by atoms with E-state index in [1.165, 1.54) is 5.39 Å². The van der Waals surface area contributed by atoms with E-state index in [9.17, 15) is 4.79 Å². The smallest absolute Gasteiger partial charge is 0.410 e. The largest absolute Gasteiger partial charge is 0.444 e. The molecule has 1 amide bonds. The number of carbonyl (C=O) groups excluding carboxylic acids is 1. The number of fused-ring (bicyclic) bond motifs is 1. The Hall–Kier alpha value is -2.30. The second-order valence-electron chi connectivity index (χ2n) is 7.32. The molecule has 5 heteroatoms. The van der Waals surface area contributed by atoms with E-state index >= 15 is 0 Å². The van der Waals surface area contributed by atoms with Crippen LogP contribution in [0.2, 0.25) is 0 Å². The fraction of sp³-hybridized carbons (Fsp3) is 0.524. The summed E-state index contributed by atoms with van der Waals surface area (Å²) in [6.07, 6.45) is 5.32. The van der Waals surface area contributed by atoms with Crippen molar-refractivity contribution in [2.45, 2.75) is 59.1 Å². The Morgan fingerprint density at radius 2 is 1.85 bits per heavy atom. The van der Waals surface area contributed by atoms with Gasteiger partial charge < -0.3 is 15.0 Å². The average molecular weight is 357 g/mol. The zero-order valence-electron chi connectivity index (χ0n) is 16.6. The number of nitrogens with zero attached hydrogens (tertiary/aromatic N) is 2. The average Bonchev–Trinajstić information content (AvgIpc) is 2.62. The maximum absolute atomic E-state index is 12.1. The molecule has 0 unspecified atom stereocenters. The van der Waals surface area contributed by atoms with Gasteiger partial charge in [-0.25, -0.2) is 4.79 Å². The summed E-state index contributed by atoms with van der Waals surface area (Å²) in [6.45, 7) is 11.1. The fourth-order valence-electron chi connectivity index (χ4n) is 2.94. The number of likely N-dealkylation sites (tertiary alicyclic amines) is 1. The monoisotopic (exact) mass is 357 g/mol. The second-order valence-corrected chi connectivity index (χ2v) is 7.32. The minimum atomic E-state index is -0.438. The molecule has 1 saturated heterocycles. The van der Waals surface area contributed by atoms with Crippen molar-refractivity contribution < 1.29 is 9.53 Å². The molecule has 1 aromatic carbocycles. The summed E-state index contributed by atoms with van der Waals surface area (Å²) in [7, 11) is 0. The lowest BCUT2D eigenvalue weighted by Gasteiger charge is -2.34. The lowest BCUT2D eigenvalue weighted by molar-refractivity contribution is 0.0210. The van der Waals surface area contributed by atoms with Crippen LogP contribution in [0.1, 0.15) is 47.5 Å². The van der Waals surface area contributed by atoms with Gasteiger partial charge in [-0.1, -0.05) is 19.9 Å². The third-order valence-corrected chi connectivity index (χ3v) is 4.16. The molecule has 5 nitrogen and oxygen atoms in total. The molecule has 142 valence electrons. The van der Waals surface area contributed by atoms with Crippen LogP contribution in [0.25, 0.3) is 10.8 Å². The normalized spacial score (nSPS) is 15.2. The first-order valence-corrected chi connectivity index (χ1v) is 9.49. The second kappa shape index (κ2) is 8.88. The molecule has 1 aromatic heterocycles. The molecule has 0 bridgehead atoms. The van der Waals surface area contributed by atoms with Crippen molar-refractivity contribution in [2.75, 3.05) is 18.4 Å². The van der Waals surface area contributed by atoms with Crippen molar-refractivity contribution in [1.82, 2.24) is 9.88 Å². The standard InChI is InChI=1S/C19H25N3O2.C2H6/c1-19(2,3)24-18(23)22-10-7-16(8-11-22)21-17-5-4-15-13-20-9-6-14(15)12-17;1-2/h4-6,9,12-13,16,21H,7-8,10-11H2,1-3H3;1-2H3. The molecule has 2 heterocycles. The van der Waals surface area contributed by atoms with E-state index in [2.05, 4.69) is 28.5 Å². The third kappa shape index (κ3) is 5.61. The molecule has 0 saturated carbocycles. The molecule has 0 spiro atoms. The molecular formula is C21H31N3O2. The lowest BCUT2D eigenvalue weighted by Crippen LogP contribution is -2.44. The van der Waals surface area contributed by atoms with Gasteiger partial charge in [0.1, 0.15) is 5.60 Å². The Labute approximate surface area is 156 Å². The zero-order valence-corrected chi connectivity index (χ0v) is 16.6. The number of rotatable bonds is 2. The number of anilines is 1. The molecule has 1 fully saturated rings. The highest BCUT2D eigenvalue weighted by molar-refractivity contribution is 5.84. The summed E-state index contributed by atoms with van der Waals surface area (Å²) in [5.74, 6) is 0. The van der Waals surface area contributed by atoms with Crippen molar-refractivity contribution in [1.29, 1.82) is 0 Å². The Bertz CT molecular complexity index is 717. The van der Waals surface area contributed by atoms with Crippen LogP contribution in [0.3, 0.4) is 0 Å². The van der Waals surface area contributed by atoms with E-state index in [1.54, 1.807) is 4.90 Å². The van der Waals surface area contributed by atoms with E-state index < -0.39 is 5.60 Å². The Kier molecular flexibility index (Phi) is 6.83. The lowest BCUT2D eigenvalue weighted by atomic mass is 10.0. The van der Waals surface area contributed by atoms with Crippen LogP contribution in [0.5, 0.6) is 0 Å². The minimum Gasteiger partial charge on any atom is -0.444 e. The van der Waals surface area contributed by atoms with Crippen LogP contribution in [0.15, 0.2) is 36.7 Å². The molecule has 0 aliphatic carbocycles. The summed E-state index contributed by atoms with van der Waals surface area (Å²) in [5, 5.41) is 5.90. The molecule has 3 rings (SSSR count). The molecular weight excluding hydrogens is 326 g/mol. The van der Waals surface area contributed by atoms with Crippen molar-refractivity contribution in [3.8, 4) is 0 Å². The van der Waals surface area contributed by atoms with Gasteiger partial charge in [0.25, 0.3) is 0 Å². The van der Waals surface area contributed by atoms with Crippen molar-refractivity contribution in [3.05, 3.63) is 36.7 Å². The predicted octanol–water partition coefficient (Wildman–Crippen LogP) is 5.07. The summed E-state index contributed by atoms with van der Waals surface area (Å²) >= 11 is 0. The first-order chi connectivity index (χ1) is 12.4. The number of piperidine rings is 1. The molecule has 2 aromatic rings. The van der Waals surface area contributed by atoms with Crippen LogP contribution in [0, 0.1) is 0 Å². The van der Waals surface area contributed by atoms with Gasteiger partial charge >= 0.3 is 6.09 Å². The van der Waals surface area contributed by atoms with Gasteiger partial charge in [0.2, 0.25) is 0 Å². The third-order valence-electron chi connectivity index (χ3n) is 4.16. The molecule has 1 aliphatic heterocycles. The summed E-state index contributed by atoms with van der Waals surface area (Å²) < 4.78 is 5.44. The number of nitrogens with one attached hydrogen (secondary N) is 1. The first kappa shape index (κ1) is 20.0. The highest BCUT2D eigenvalue weighted by Crippen LogP contribution is 2.22. The van der Waals surface area contributed by atoms with E-state index in [0.29, 0.717) is 6.04 Å². The highest BCUT2D eigenvalue weighted by Gasteiger charge is 2.26. The van der Waals surface area contributed by atoms with Crippen LogP contribution in [-0.2, 0) is 4.74 Å². The van der Waals surface area contributed by atoms with Gasteiger partial charge in [-0.2, -0.15) is 0 Å². The Morgan fingerprint density at radius 1 is 1.15 bits per heavy atom. The number of hydrogen-bond acceptors (Lipinski definition) is 4. The fourth-order valence-corrected chi connectivity index (χ4v) is 2.94. The number of amides is 1. The van der Waals surface area contributed by atoms with E-state index in [1.807, 2.05) is 53.1 Å². The Balaban J connectivity index is 0.00000117. The predicted molar refractivity (Wildman–Crippen MR) is 108 cm³/mol.